The van der Waals surface area contributed by atoms with Crippen molar-refractivity contribution >= 4 is 29.3 Å². The first kappa shape index (κ1) is 24.3. The third-order valence-corrected chi connectivity index (χ3v) is 9.00. The lowest BCUT2D eigenvalue weighted by molar-refractivity contribution is 0.380. The van der Waals surface area contributed by atoms with E-state index in [0.717, 1.165) is 22.3 Å². The Kier molecular flexibility index (Phi) is 6.47. The topological polar surface area (TPSA) is 82.1 Å². The molecule has 0 saturated carbocycles. The van der Waals surface area contributed by atoms with Crippen LogP contribution in [0.15, 0.2) is 83.8 Å². The second kappa shape index (κ2) is 9.58. The highest BCUT2D eigenvalue weighted by molar-refractivity contribution is 7.86. The van der Waals surface area contributed by atoms with Crippen molar-refractivity contribution in [2.24, 2.45) is 0 Å². The van der Waals surface area contributed by atoms with Gasteiger partial charge in [0.25, 0.3) is 10.1 Å². The zero-order valence-corrected chi connectivity index (χ0v) is 21.8. The van der Waals surface area contributed by atoms with Crippen molar-refractivity contribution < 1.29 is 27.2 Å². The maximum Gasteiger partial charge on any atom is 0.295 e. The molecule has 184 valence electrons. The van der Waals surface area contributed by atoms with Gasteiger partial charge >= 0.3 is 0 Å². The van der Waals surface area contributed by atoms with Gasteiger partial charge in [-0.25, -0.2) is 0 Å². The molecule has 1 unspecified atom stereocenters. The molecule has 0 aliphatic heterocycles. The van der Waals surface area contributed by atoms with Gasteiger partial charge in [0, 0.05) is 18.1 Å². The number of rotatable bonds is 7. The second-order valence-electron chi connectivity index (χ2n) is 8.34. The molecule has 0 amide bonds. The predicted octanol–water partition coefficient (Wildman–Crippen LogP) is 4.75. The van der Waals surface area contributed by atoms with Crippen molar-refractivity contribution in [3.05, 3.63) is 95.6 Å². The van der Waals surface area contributed by atoms with Crippen LogP contribution in [0.1, 0.15) is 22.6 Å². The second-order valence-corrected chi connectivity index (χ2v) is 11.0. The largest absolute Gasteiger partial charge is 0.496 e. The van der Waals surface area contributed by atoms with Gasteiger partial charge in [-0.05, 0) is 41.7 Å². The molecule has 0 aromatic heterocycles. The summed E-state index contributed by atoms with van der Waals surface area (Å²) >= 11 is 0. The molecule has 0 fully saturated rings. The summed E-state index contributed by atoms with van der Waals surface area (Å²) in [5.41, 5.74) is 4.66. The lowest BCUT2D eigenvalue weighted by atomic mass is 9.89. The number of benzene rings is 4. The number of methoxy groups -OCH3 is 3. The van der Waals surface area contributed by atoms with E-state index in [1.807, 2.05) is 54.6 Å². The average Bonchev–Trinajstić information content (AvgIpc) is 3.22. The molecule has 1 N–H and O–H groups in total. The van der Waals surface area contributed by atoms with E-state index in [0.29, 0.717) is 33.4 Å². The Bertz CT molecular complexity index is 1490. The summed E-state index contributed by atoms with van der Waals surface area (Å²) < 4.78 is 52.9. The molecule has 1 atom stereocenters. The van der Waals surface area contributed by atoms with Crippen molar-refractivity contribution in [3.8, 4) is 28.4 Å². The third-order valence-electron chi connectivity index (χ3n) is 6.42. The Morgan fingerprint density at radius 1 is 0.722 bits per heavy atom. The zero-order chi connectivity index (χ0) is 25.4. The third kappa shape index (κ3) is 4.13. The molecule has 6 nitrogen and oxygen atoms in total. The van der Waals surface area contributed by atoms with Gasteiger partial charge in [0.05, 0.1) is 26.6 Å². The standard InChI is InChI=1S/C28H25O6PS/c1-32-17-15-23(33-2)27(24(16-17)34-3)35-25-14-8-13-22(28(25)36(29,30)31)26-20-11-6-4-9-18(20)19-10-5-7-12-21(19)26/h4-16,26,35H,1-3H3,(H,29,30,31). The van der Waals surface area contributed by atoms with E-state index in [9.17, 15) is 13.0 Å². The van der Waals surface area contributed by atoms with Gasteiger partial charge in [0.15, 0.2) is 0 Å². The van der Waals surface area contributed by atoms with Gasteiger partial charge in [-0.3, -0.25) is 4.55 Å². The molecule has 36 heavy (non-hydrogen) atoms. The summed E-state index contributed by atoms with van der Waals surface area (Å²) in [6, 6.07) is 24.7. The van der Waals surface area contributed by atoms with E-state index >= 15 is 0 Å². The summed E-state index contributed by atoms with van der Waals surface area (Å²) in [5, 5.41) is 1.15. The molecule has 1 aliphatic rings. The summed E-state index contributed by atoms with van der Waals surface area (Å²) in [7, 11) is -0.125. The SMILES string of the molecule is COc1cc(OC)c(Pc2cccc(C3c4ccccc4-c4ccccc43)c2S(=O)(=O)O)c(OC)c1. The zero-order valence-electron chi connectivity index (χ0n) is 20.0. The van der Waals surface area contributed by atoms with E-state index in [4.69, 9.17) is 14.2 Å². The monoisotopic (exact) mass is 520 g/mol. The molecule has 0 bridgehead atoms. The minimum Gasteiger partial charge on any atom is -0.496 e. The predicted molar refractivity (Wildman–Crippen MR) is 143 cm³/mol. The lowest BCUT2D eigenvalue weighted by Crippen LogP contribution is -2.20. The Hall–Kier alpha value is -3.38. The van der Waals surface area contributed by atoms with Gasteiger partial charge in [-0.1, -0.05) is 66.7 Å². The highest BCUT2D eigenvalue weighted by atomic mass is 32.2. The number of hydrogen-bond donors (Lipinski definition) is 1. The minimum atomic E-state index is -4.58. The van der Waals surface area contributed by atoms with Crippen molar-refractivity contribution in [1.82, 2.24) is 0 Å². The van der Waals surface area contributed by atoms with Crippen LogP contribution in [0.4, 0.5) is 0 Å². The molecule has 5 rings (SSSR count). The normalized spacial score (nSPS) is 13.0. The van der Waals surface area contributed by atoms with Crippen molar-refractivity contribution in [1.29, 1.82) is 0 Å². The Balaban J connectivity index is 1.73. The fraction of sp³-hybridized carbons (Fsp3) is 0.143. The van der Waals surface area contributed by atoms with Crippen LogP contribution >= 0.6 is 8.58 Å². The van der Waals surface area contributed by atoms with Crippen LogP contribution in [0.3, 0.4) is 0 Å². The van der Waals surface area contributed by atoms with E-state index in [-0.39, 0.29) is 19.4 Å². The number of fused-ring (bicyclic) bond motifs is 3. The lowest BCUT2D eigenvalue weighted by Gasteiger charge is -2.21. The summed E-state index contributed by atoms with van der Waals surface area (Å²) in [6.07, 6.45) is 0. The molecule has 0 spiro atoms. The van der Waals surface area contributed by atoms with Crippen molar-refractivity contribution in [3.63, 3.8) is 0 Å². The van der Waals surface area contributed by atoms with Gasteiger partial charge < -0.3 is 14.2 Å². The fourth-order valence-electron chi connectivity index (χ4n) is 4.92. The summed E-state index contributed by atoms with van der Waals surface area (Å²) in [5.74, 6) is 1.24. The molecule has 0 radical (unpaired) electrons. The molecule has 4 aromatic carbocycles. The highest BCUT2D eigenvalue weighted by Gasteiger charge is 2.34. The molecule has 8 heteroatoms. The Morgan fingerprint density at radius 2 is 1.25 bits per heavy atom. The van der Waals surface area contributed by atoms with Gasteiger partial charge in [0.1, 0.15) is 22.1 Å². The minimum absolute atomic E-state index is 0.0836. The van der Waals surface area contributed by atoms with E-state index in [2.05, 4.69) is 0 Å². The molecular formula is C28H25O6PS. The van der Waals surface area contributed by atoms with Crippen LogP contribution in [0, 0.1) is 0 Å². The van der Waals surface area contributed by atoms with Gasteiger partial charge in [-0.2, -0.15) is 8.42 Å². The molecule has 0 heterocycles. The molecule has 1 aliphatic carbocycles. The maximum atomic E-state index is 12.9. The van der Waals surface area contributed by atoms with Crippen LogP contribution in [-0.4, -0.2) is 34.3 Å². The van der Waals surface area contributed by atoms with Crippen LogP contribution in [-0.2, 0) is 10.1 Å². The first-order valence-electron chi connectivity index (χ1n) is 11.2. The van der Waals surface area contributed by atoms with E-state index in [1.165, 1.54) is 14.2 Å². The summed E-state index contributed by atoms with van der Waals surface area (Å²) in [4.78, 5) is -0.0836. The first-order chi connectivity index (χ1) is 17.4. The van der Waals surface area contributed by atoms with Gasteiger partial charge in [-0.15, -0.1) is 0 Å². The molecule has 4 aromatic rings. The summed E-state index contributed by atoms with van der Waals surface area (Å²) in [6.45, 7) is 0. The fourth-order valence-corrected chi connectivity index (χ4v) is 7.59. The van der Waals surface area contributed by atoms with Crippen LogP contribution < -0.4 is 24.8 Å². The van der Waals surface area contributed by atoms with Crippen molar-refractivity contribution in [2.75, 3.05) is 21.3 Å². The molecule has 0 saturated heterocycles. The van der Waals surface area contributed by atoms with E-state index in [1.54, 1.807) is 31.4 Å². The van der Waals surface area contributed by atoms with E-state index < -0.39 is 10.1 Å². The highest BCUT2D eigenvalue weighted by Crippen LogP contribution is 2.49. The Labute approximate surface area is 212 Å². The van der Waals surface area contributed by atoms with Crippen LogP contribution in [0.5, 0.6) is 17.2 Å². The van der Waals surface area contributed by atoms with Crippen LogP contribution in [0.2, 0.25) is 0 Å². The Morgan fingerprint density at radius 3 is 1.75 bits per heavy atom. The average molecular weight is 521 g/mol. The number of hydrogen-bond acceptors (Lipinski definition) is 5. The maximum absolute atomic E-state index is 12.9. The molecular weight excluding hydrogens is 495 g/mol. The van der Waals surface area contributed by atoms with Gasteiger partial charge in [0.2, 0.25) is 0 Å². The van der Waals surface area contributed by atoms with Crippen molar-refractivity contribution in [2.45, 2.75) is 10.8 Å². The number of ether oxygens (including phenoxy) is 3. The quantitative estimate of drug-likeness (QED) is 0.246. The smallest absolute Gasteiger partial charge is 0.295 e. The first-order valence-corrected chi connectivity index (χ1v) is 13.7. The van der Waals surface area contributed by atoms with Crippen LogP contribution in [0.25, 0.3) is 11.1 Å².